The van der Waals surface area contributed by atoms with Gasteiger partial charge in [-0.3, -0.25) is 0 Å². The Morgan fingerprint density at radius 1 is 1.40 bits per heavy atom. The molecule has 1 heterocycles. The molecule has 1 aromatic carbocycles. The molecule has 20 heavy (non-hydrogen) atoms. The van der Waals surface area contributed by atoms with Crippen LogP contribution in [0.25, 0.3) is 0 Å². The van der Waals surface area contributed by atoms with Gasteiger partial charge in [-0.05, 0) is 39.1 Å². The van der Waals surface area contributed by atoms with Gasteiger partial charge in [-0.2, -0.15) is 0 Å². The number of aryl methyl sites for hydroxylation is 2. The monoisotopic (exact) mass is 310 g/mol. The summed E-state index contributed by atoms with van der Waals surface area (Å²) in [5.41, 5.74) is 1.12. The maximum Gasteiger partial charge on any atom is 0.124 e. The van der Waals surface area contributed by atoms with Crippen molar-refractivity contribution in [3.63, 3.8) is 0 Å². The van der Waals surface area contributed by atoms with E-state index in [2.05, 4.69) is 17.2 Å². The highest BCUT2D eigenvalue weighted by Gasteiger charge is 2.12. The Morgan fingerprint density at radius 3 is 2.80 bits per heavy atom. The van der Waals surface area contributed by atoms with Crippen molar-refractivity contribution in [3.8, 4) is 0 Å². The maximum absolute atomic E-state index is 13.1. The molecule has 0 aliphatic rings. The van der Waals surface area contributed by atoms with Gasteiger partial charge in [0.2, 0.25) is 0 Å². The fraction of sp³-hybridized carbons (Fsp3) is 0.400. The number of hydrogen-bond acceptors (Lipinski definition) is 4. The summed E-state index contributed by atoms with van der Waals surface area (Å²) in [4.78, 5) is 6.83. The van der Waals surface area contributed by atoms with Gasteiger partial charge in [0.25, 0.3) is 0 Å². The van der Waals surface area contributed by atoms with E-state index in [1.807, 2.05) is 20.0 Å². The number of rotatable bonds is 6. The Kier molecular flexibility index (Phi) is 5.57. The number of likely N-dealkylation sites (N-methyl/N-ethyl adjacent to an activating group) is 1. The van der Waals surface area contributed by atoms with E-state index in [1.165, 1.54) is 16.0 Å². The van der Waals surface area contributed by atoms with Crippen molar-refractivity contribution in [1.82, 2.24) is 10.3 Å². The molecular weight excluding hydrogens is 291 g/mol. The standard InChI is InChI=1S/C15H19FN2S2/c1-10-11(2)20-15(18-10)8-13(17-3)9-19-14-6-4-5-12(16)7-14/h4-7,13,17H,8-9H2,1-3H3. The first kappa shape index (κ1) is 15.5. The van der Waals surface area contributed by atoms with Gasteiger partial charge in [-0.15, -0.1) is 23.1 Å². The number of aromatic nitrogens is 1. The van der Waals surface area contributed by atoms with Crippen LogP contribution < -0.4 is 5.32 Å². The zero-order chi connectivity index (χ0) is 14.5. The first-order valence-corrected chi connectivity index (χ1v) is 8.37. The van der Waals surface area contributed by atoms with E-state index in [9.17, 15) is 4.39 Å². The van der Waals surface area contributed by atoms with Crippen LogP contribution in [-0.4, -0.2) is 23.8 Å². The van der Waals surface area contributed by atoms with Crippen molar-refractivity contribution in [2.45, 2.75) is 31.2 Å². The fourth-order valence-corrected chi connectivity index (χ4v) is 3.90. The molecule has 0 spiro atoms. The van der Waals surface area contributed by atoms with Gasteiger partial charge in [0, 0.05) is 28.0 Å². The summed E-state index contributed by atoms with van der Waals surface area (Å²) in [5, 5.41) is 4.48. The lowest BCUT2D eigenvalue weighted by Gasteiger charge is -2.14. The predicted molar refractivity (Wildman–Crippen MR) is 85.3 cm³/mol. The lowest BCUT2D eigenvalue weighted by molar-refractivity contribution is 0.613. The van der Waals surface area contributed by atoms with E-state index in [1.54, 1.807) is 35.2 Å². The quantitative estimate of drug-likeness (QED) is 0.821. The number of nitrogens with zero attached hydrogens (tertiary/aromatic N) is 1. The van der Waals surface area contributed by atoms with E-state index in [0.717, 1.165) is 22.8 Å². The van der Waals surface area contributed by atoms with Crippen LogP contribution in [0, 0.1) is 19.7 Å². The smallest absolute Gasteiger partial charge is 0.124 e. The third kappa shape index (κ3) is 4.30. The molecule has 1 aromatic heterocycles. The molecule has 0 bridgehead atoms. The minimum Gasteiger partial charge on any atom is -0.316 e. The molecule has 2 aromatic rings. The second-order valence-electron chi connectivity index (χ2n) is 4.71. The Labute approximate surface area is 127 Å². The van der Waals surface area contributed by atoms with Gasteiger partial charge < -0.3 is 5.32 Å². The lowest BCUT2D eigenvalue weighted by Crippen LogP contribution is -2.30. The van der Waals surface area contributed by atoms with Crippen LogP contribution in [0.3, 0.4) is 0 Å². The first-order valence-electron chi connectivity index (χ1n) is 6.57. The van der Waals surface area contributed by atoms with Crippen LogP contribution in [0.2, 0.25) is 0 Å². The van der Waals surface area contributed by atoms with Crippen molar-refractivity contribution < 1.29 is 4.39 Å². The summed E-state index contributed by atoms with van der Waals surface area (Å²) < 4.78 is 13.1. The normalized spacial score (nSPS) is 12.6. The van der Waals surface area contributed by atoms with E-state index in [4.69, 9.17) is 0 Å². The Morgan fingerprint density at radius 2 is 2.20 bits per heavy atom. The molecule has 0 aliphatic heterocycles. The third-order valence-electron chi connectivity index (χ3n) is 3.15. The van der Waals surface area contributed by atoms with E-state index in [0.29, 0.717) is 6.04 Å². The summed E-state index contributed by atoms with van der Waals surface area (Å²) >= 11 is 3.43. The molecule has 0 radical (unpaired) electrons. The highest BCUT2D eigenvalue weighted by Crippen LogP contribution is 2.22. The van der Waals surface area contributed by atoms with Crippen LogP contribution in [0.1, 0.15) is 15.6 Å². The molecular formula is C15H19FN2S2. The molecule has 1 N–H and O–H groups in total. The number of thioether (sulfide) groups is 1. The average Bonchev–Trinajstić information content (AvgIpc) is 2.73. The molecule has 1 unspecified atom stereocenters. The van der Waals surface area contributed by atoms with Crippen molar-refractivity contribution >= 4 is 23.1 Å². The van der Waals surface area contributed by atoms with E-state index >= 15 is 0 Å². The summed E-state index contributed by atoms with van der Waals surface area (Å²) in [5.74, 6) is 0.722. The van der Waals surface area contributed by atoms with Gasteiger partial charge in [-0.25, -0.2) is 9.37 Å². The highest BCUT2D eigenvalue weighted by atomic mass is 32.2. The summed E-state index contributed by atoms with van der Waals surface area (Å²) in [6.45, 7) is 4.15. The van der Waals surface area contributed by atoms with Crippen LogP contribution in [0.15, 0.2) is 29.2 Å². The van der Waals surface area contributed by atoms with Crippen LogP contribution in [0.5, 0.6) is 0 Å². The second kappa shape index (κ2) is 7.20. The molecule has 0 fully saturated rings. The van der Waals surface area contributed by atoms with E-state index < -0.39 is 0 Å². The number of halogens is 1. The topological polar surface area (TPSA) is 24.9 Å². The van der Waals surface area contributed by atoms with Gasteiger partial charge in [0.15, 0.2) is 0 Å². The van der Waals surface area contributed by atoms with Gasteiger partial charge in [0.05, 0.1) is 10.7 Å². The molecule has 2 rings (SSSR count). The number of benzene rings is 1. The third-order valence-corrected chi connectivity index (χ3v) is 5.40. The lowest BCUT2D eigenvalue weighted by atomic mass is 10.2. The van der Waals surface area contributed by atoms with Crippen molar-refractivity contribution in [2.24, 2.45) is 0 Å². The largest absolute Gasteiger partial charge is 0.316 e. The van der Waals surface area contributed by atoms with E-state index in [-0.39, 0.29) is 5.82 Å². The van der Waals surface area contributed by atoms with Gasteiger partial charge >= 0.3 is 0 Å². The van der Waals surface area contributed by atoms with Gasteiger partial charge in [-0.1, -0.05) is 6.07 Å². The summed E-state index contributed by atoms with van der Waals surface area (Å²) in [6.07, 6.45) is 0.915. The minimum atomic E-state index is -0.179. The zero-order valence-corrected chi connectivity index (χ0v) is 13.6. The molecule has 0 saturated carbocycles. The molecule has 5 heteroatoms. The van der Waals surface area contributed by atoms with Crippen molar-refractivity contribution in [2.75, 3.05) is 12.8 Å². The van der Waals surface area contributed by atoms with Crippen LogP contribution in [-0.2, 0) is 6.42 Å². The highest BCUT2D eigenvalue weighted by molar-refractivity contribution is 7.99. The second-order valence-corrected chi connectivity index (χ2v) is 7.09. The average molecular weight is 310 g/mol. The zero-order valence-electron chi connectivity index (χ0n) is 11.9. The summed E-state index contributed by atoms with van der Waals surface area (Å²) in [7, 11) is 1.96. The molecule has 1 atom stereocenters. The molecule has 0 aliphatic carbocycles. The Hall–Kier alpha value is -0.910. The Bertz CT molecular complexity index is 549. The molecule has 0 amide bonds. The SMILES string of the molecule is CNC(CSc1cccc(F)c1)Cc1nc(C)c(C)s1. The molecule has 2 nitrogen and oxygen atoms in total. The number of nitrogens with one attached hydrogen (secondary N) is 1. The predicted octanol–water partition coefficient (Wildman–Crippen LogP) is 3.82. The minimum absolute atomic E-state index is 0.179. The van der Waals surface area contributed by atoms with Crippen LogP contribution in [0.4, 0.5) is 4.39 Å². The van der Waals surface area contributed by atoms with Gasteiger partial charge in [0.1, 0.15) is 5.82 Å². The molecule has 108 valence electrons. The first-order chi connectivity index (χ1) is 9.58. The number of thiazole rings is 1. The number of hydrogen-bond donors (Lipinski definition) is 1. The van der Waals surface area contributed by atoms with Crippen molar-refractivity contribution in [1.29, 1.82) is 0 Å². The van der Waals surface area contributed by atoms with Crippen LogP contribution >= 0.6 is 23.1 Å². The summed E-state index contributed by atoms with van der Waals surface area (Å²) in [6, 6.07) is 7.08. The maximum atomic E-state index is 13.1. The Balaban J connectivity index is 1.92. The van der Waals surface area contributed by atoms with Crippen molar-refractivity contribution in [3.05, 3.63) is 45.7 Å². The fourth-order valence-electron chi connectivity index (χ4n) is 1.84. The molecule has 0 saturated heterocycles.